The van der Waals surface area contributed by atoms with E-state index in [0.29, 0.717) is 11.5 Å². The molecule has 4 aromatic rings. The van der Waals surface area contributed by atoms with E-state index in [1.165, 1.54) is 0 Å². The van der Waals surface area contributed by atoms with Gasteiger partial charge in [0.25, 0.3) is 11.9 Å². The first-order valence-corrected chi connectivity index (χ1v) is 10.1. The van der Waals surface area contributed by atoms with E-state index in [1.54, 1.807) is 10.7 Å². The fourth-order valence-electron chi connectivity index (χ4n) is 3.68. The molecule has 2 N–H and O–H groups in total. The first-order valence-electron chi connectivity index (χ1n) is 10.1. The normalized spacial score (nSPS) is 14.9. The van der Waals surface area contributed by atoms with Gasteiger partial charge in [-0.3, -0.25) is 10.1 Å². The fraction of sp³-hybridized carbons (Fsp3) is 0.0800. The quantitative estimate of drug-likeness (QED) is 0.505. The van der Waals surface area contributed by atoms with E-state index in [2.05, 4.69) is 38.9 Å². The molecule has 0 aliphatic carbocycles. The van der Waals surface area contributed by atoms with Crippen LogP contribution in [0.4, 0.5) is 11.9 Å². The molecule has 2 heterocycles. The fourth-order valence-corrected chi connectivity index (χ4v) is 3.68. The number of aromatic nitrogens is 3. The highest BCUT2D eigenvalue weighted by Gasteiger charge is 2.25. The molecule has 6 heteroatoms. The number of nitrogens with zero attached hydrogens (tertiary/aromatic N) is 3. The second-order valence-electron chi connectivity index (χ2n) is 7.45. The van der Waals surface area contributed by atoms with Crippen molar-refractivity contribution in [3.05, 3.63) is 113 Å². The number of allylic oxidation sites excluding steroid dienone is 1. The largest absolute Gasteiger partial charge is 0.324 e. The van der Waals surface area contributed by atoms with Crippen molar-refractivity contribution in [2.75, 3.05) is 10.6 Å². The maximum absolute atomic E-state index is 12.7. The summed E-state index contributed by atoms with van der Waals surface area (Å²) in [6.45, 7) is 1.95. The van der Waals surface area contributed by atoms with Crippen molar-refractivity contribution in [2.45, 2.75) is 13.0 Å². The summed E-state index contributed by atoms with van der Waals surface area (Å²) in [6.07, 6.45) is 2.12. The van der Waals surface area contributed by atoms with Crippen LogP contribution < -0.4 is 10.6 Å². The molecule has 0 spiro atoms. The second kappa shape index (κ2) is 7.91. The van der Waals surface area contributed by atoms with Gasteiger partial charge in [0.15, 0.2) is 0 Å². The summed E-state index contributed by atoms with van der Waals surface area (Å²) in [7, 11) is 0. The van der Waals surface area contributed by atoms with E-state index in [9.17, 15) is 4.79 Å². The maximum Gasteiger partial charge on any atom is 0.258 e. The monoisotopic (exact) mass is 407 g/mol. The third-order valence-electron chi connectivity index (χ3n) is 5.20. The number of hydrogen-bond donors (Lipinski definition) is 2. The van der Waals surface area contributed by atoms with Gasteiger partial charge in [0.1, 0.15) is 6.04 Å². The third kappa shape index (κ3) is 3.83. The lowest BCUT2D eigenvalue weighted by molar-refractivity contribution is 0.102. The summed E-state index contributed by atoms with van der Waals surface area (Å²) >= 11 is 0. The smallest absolute Gasteiger partial charge is 0.258 e. The van der Waals surface area contributed by atoms with Crippen molar-refractivity contribution in [1.82, 2.24) is 14.8 Å². The van der Waals surface area contributed by atoms with E-state index >= 15 is 0 Å². The maximum atomic E-state index is 12.7. The van der Waals surface area contributed by atoms with Gasteiger partial charge >= 0.3 is 0 Å². The second-order valence-corrected chi connectivity index (χ2v) is 7.45. The molecule has 1 aromatic heterocycles. The van der Waals surface area contributed by atoms with Gasteiger partial charge in [-0.2, -0.15) is 4.98 Å². The molecule has 31 heavy (non-hydrogen) atoms. The molecule has 0 saturated heterocycles. The Bertz CT molecular complexity index is 1260. The van der Waals surface area contributed by atoms with Crippen LogP contribution in [0.1, 0.15) is 33.1 Å². The predicted molar refractivity (Wildman–Crippen MR) is 122 cm³/mol. The molecule has 0 saturated carbocycles. The van der Waals surface area contributed by atoms with Gasteiger partial charge in [0.2, 0.25) is 5.95 Å². The van der Waals surface area contributed by atoms with Crippen molar-refractivity contribution in [3.8, 4) is 0 Å². The number of amides is 1. The summed E-state index contributed by atoms with van der Waals surface area (Å²) in [5, 5.41) is 10.8. The lowest BCUT2D eigenvalue weighted by Crippen LogP contribution is -2.20. The highest BCUT2D eigenvalue weighted by molar-refractivity contribution is 6.03. The molecule has 0 bridgehead atoms. The lowest BCUT2D eigenvalue weighted by atomic mass is 10.0. The standard InChI is InChI=1S/C25H21N5O/c1-17-9-8-14-20(15-17)23(31)27-24-28-25-26-21(18-10-4-2-5-11-18)16-22(30(25)29-24)19-12-6-3-7-13-19/h2-16,22H,1H3,(H2,26,27,28,29,31)/t22-/m0/s1. The molecule has 1 aliphatic heterocycles. The Labute approximate surface area is 180 Å². The van der Waals surface area contributed by atoms with Crippen LogP contribution in [0.15, 0.2) is 91.0 Å². The average Bonchev–Trinajstić information content (AvgIpc) is 3.22. The highest BCUT2D eigenvalue weighted by atomic mass is 16.1. The van der Waals surface area contributed by atoms with Crippen molar-refractivity contribution in [3.63, 3.8) is 0 Å². The minimum absolute atomic E-state index is 0.148. The summed E-state index contributed by atoms with van der Waals surface area (Å²) in [6, 6.07) is 27.5. The molecule has 5 rings (SSSR count). The molecule has 0 fully saturated rings. The van der Waals surface area contributed by atoms with Crippen LogP contribution in [0, 0.1) is 6.92 Å². The van der Waals surface area contributed by atoms with Gasteiger partial charge in [-0.1, -0.05) is 78.4 Å². The van der Waals surface area contributed by atoms with E-state index in [-0.39, 0.29) is 17.9 Å². The van der Waals surface area contributed by atoms with E-state index in [1.807, 2.05) is 73.7 Å². The van der Waals surface area contributed by atoms with Crippen molar-refractivity contribution in [1.29, 1.82) is 0 Å². The van der Waals surface area contributed by atoms with E-state index in [0.717, 1.165) is 22.4 Å². The summed E-state index contributed by atoms with van der Waals surface area (Å²) in [4.78, 5) is 17.2. The minimum Gasteiger partial charge on any atom is -0.324 e. The van der Waals surface area contributed by atoms with Crippen molar-refractivity contribution < 1.29 is 4.79 Å². The molecule has 152 valence electrons. The van der Waals surface area contributed by atoms with Crippen molar-refractivity contribution in [2.24, 2.45) is 0 Å². The molecule has 3 aromatic carbocycles. The molecule has 1 atom stereocenters. The number of carbonyl (C=O) groups excluding carboxylic acids is 1. The van der Waals surface area contributed by atoms with E-state index < -0.39 is 0 Å². The van der Waals surface area contributed by atoms with Crippen LogP contribution in [-0.2, 0) is 0 Å². The Hall–Kier alpha value is -4.19. The third-order valence-corrected chi connectivity index (χ3v) is 5.20. The number of nitrogens with one attached hydrogen (secondary N) is 2. The number of aryl methyl sites for hydroxylation is 1. The zero-order valence-corrected chi connectivity index (χ0v) is 17.0. The van der Waals surface area contributed by atoms with Crippen LogP contribution in [0.3, 0.4) is 0 Å². The van der Waals surface area contributed by atoms with Crippen LogP contribution in [-0.4, -0.2) is 20.7 Å². The summed E-state index contributed by atoms with van der Waals surface area (Å²) < 4.78 is 1.80. The van der Waals surface area contributed by atoms with Gasteiger partial charge in [-0.15, -0.1) is 5.10 Å². The molecular weight excluding hydrogens is 386 g/mol. The van der Waals surface area contributed by atoms with Gasteiger partial charge in [-0.05, 0) is 36.3 Å². The van der Waals surface area contributed by atoms with E-state index in [4.69, 9.17) is 0 Å². The zero-order chi connectivity index (χ0) is 21.2. The molecule has 0 unspecified atom stereocenters. The number of hydrogen-bond acceptors (Lipinski definition) is 4. The molecule has 0 radical (unpaired) electrons. The summed E-state index contributed by atoms with van der Waals surface area (Å²) in [5.74, 6) is 0.603. The molecule has 6 nitrogen and oxygen atoms in total. The number of rotatable bonds is 4. The number of carbonyl (C=O) groups is 1. The van der Waals surface area contributed by atoms with Gasteiger partial charge in [-0.25, -0.2) is 4.68 Å². The van der Waals surface area contributed by atoms with Crippen LogP contribution in [0.25, 0.3) is 5.70 Å². The van der Waals surface area contributed by atoms with Crippen LogP contribution >= 0.6 is 0 Å². The van der Waals surface area contributed by atoms with Crippen LogP contribution in [0.5, 0.6) is 0 Å². The Balaban J connectivity index is 1.50. The Morgan fingerprint density at radius 1 is 0.968 bits per heavy atom. The van der Waals surface area contributed by atoms with Crippen molar-refractivity contribution >= 4 is 23.5 Å². The summed E-state index contributed by atoms with van der Waals surface area (Å²) in [5.41, 5.74) is 4.68. The van der Waals surface area contributed by atoms with Gasteiger partial charge < -0.3 is 5.32 Å². The topological polar surface area (TPSA) is 71.8 Å². The van der Waals surface area contributed by atoms with Gasteiger partial charge in [0, 0.05) is 11.3 Å². The SMILES string of the molecule is Cc1cccc(C(=O)Nc2nc3n(n2)[C@H](c2ccccc2)C=C(c2ccccc2)N3)c1. The minimum atomic E-state index is -0.237. The lowest BCUT2D eigenvalue weighted by Gasteiger charge is -2.24. The van der Waals surface area contributed by atoms with Crippen LogP contribution in [0.2, 0.25) is 0 Å². The van der Waals surface area contributed by atoms with Gasteiger partial charge in [0.05, 0.1) is 0 Å². The molecular formula is C25H21N5O. The number of fused-ring (bicyclic) bond motifs is 1. The predicted octanol–water partition coefficient (Wildman–Crippen LogP) is 4.89. The highest BCUT2D eigenvalue weighted by Crippen LogP contribution is 2.33. The number of anilines is 2. The number of benzene rings is 3. The Kier molecular flexibility index (Phi) is 4.80. The molecule has 1 aliphatic rings. The first kappa shape index (κ1) is 18.8. The average molecular weight is 407 g/mol. The Morgan fingerprint density at radius 2 is 1.71 bits per heavy atom. The first-order chi connectivity index (χ1) is 15.2. The molecule has 1 amide bonds. The zero-order valence-electron chi connectivity index (χ0n) is 17.0. The Morgan fingerprint density at radius 3 is 2.45 bits per heavy atom.